The lowest BCUT2D eigenvalue weighted by Crippen LogP contribution is -2.55. The first-order chi connectivity index (χ1) is 8.56. The van der Waals surface area contributed by atoms with Gasteiger partial charge in [0.1, 0.15) is 5.54 Å². The third-order valence-electron chi connectivity index (χ3n) is 4.39. The first-order valence-corrected chi connectivity index (χ1v) is 7.05. The molecule has 0 aromatic carbocycles. The quantitative estimate of drug-likeness (QED) is 0.762. The number of carbonyl (C=O) groups excluding carboxylic acids is 1. The first kappa shape index (κ1) is 13.8. The molecule has 0 aromatic rings. The number of rotatable bonds is 5. The molecule has 2 aliphatic carbocycles. The van der Waals surface area contributed by atoms with E-state index in [1.54, 1.807) is 0 Å². The Bertz CT molecular complexity index is 295. The molecule has 0 aliphatic heterocycles. The average Bonchev–Trinajstić information content (AvgIpc) is 3.21. The van der Waals surface area contributed by atoms with Gasteiger partial charge >= 0.3 is 5.97 Å². The number of ether oxygens (including phenoxy) is 2. The van der Waals surface area contributed by atoms with Gasteiger partial charge in [0.05, 0.1) is 19.8 Å². The number of methoxy groups -OCH3 is 1. The van der Waals surface area contributed by atoms with Gasteiger partial charge in [-0.25, -0.2) is 4.79 Å². The molecule has 2 aliphatic rings. The van der Waals surface area contributed by atoms with Crippen LogP contribution in [0.15, 0.2) is 0 Å². The van der Waals surface area contributed by atoms with Crippen molar-refractivity contribution >= 4 is 5.97 Å². The molecule has 104 valence electrons. The van der Waals surface area contributed by atoms with Crippen molar-refractivity contribution in [2.24, 2.45) is 17.6 Å². The maximum atomic E-state index is 11.8. The van der Waals surface area contributed by atoms with E-state index in [0.717, 1.165) is 31.6 Å². The third-order valence-corrected chi connectivity index (χ3v) is 4.39. The molecular weight excluding hydrogens is 230 g/mol. The third kappa shape index (κ3) is 3.04. The summed E-state index contributed by atoms with van der Waals surface area (Å²) in [6, 6.07) is 0. The Morgan fingerprint density at radius 3 is 2.33 bits per heavy atom. The average molecular weight is 255 g/mol. The predicted molar refractivity (Wildman–Crippen MR) is 69.0 cm³/mol. The van der Waals surface area contributed by atoms with Gasteiger partial charge in [0.15, 0.2) is 0 Å². The largest absolute Gasteiger partial charge is 0.468 e. The molecule has 2 N–H and O–H groups in total. The Balaban J connectivity index is 1.84. The maximum Gasteiger partial charge on any atom is 0.328 e. The van der Waals surface area contributed by atoms with Gasteiger partial charge in [-0.1, -0.05) is 6.92 Å². The predicted octanol–water partition coefficient (Wildman–Crippen LogP) is 1.86. The highest BCUT2D eigenvalue weighted by Crippen LogP contribution is 2.39. The lowest BCUT2D eigenvalue weighted by molar-refractivity contribution is -0.152. The lowest BCUT2D eigenvalue weighted by atomic mass is 9.88. The van der Waals surface area contributed by atoms with E-state index in [0.29, 0.717) is 6.61 Å². The van der Waals surface area contributed by atoms with Crippen LogP contribution in [-0.2, 0) is 14.3 Å². The Kier molecular flexibility index (Phi) is 4.28. The topological polar surface area (TPSA) is 61.5 Å². The van der Waals surface area contributed by atoms with Crippen molar-refractivity contribution in [1.82, 2.24) is 0 Å². The van der Waals surface area contributed by atoms with Crippen LogP contribution >= 0.6 is 0 Å². The standard InChI is InChI=1S/C14H25NO3/c1-10-3-7-12(8-4-10)18-9-14(15,11-5-6-11)13(16)17-2/h10-12H,3-9,15H2,1-2H3. The Morgan fingerprint density at radius 2 is 1.83 bits per heavy atom. The Morgan fingerprint density at radius 1 is 1.22 bits per heavy atom. The summed E-state index contributed by atoms with van der Waals surface area (Å²) in [6.07, 6.45) is 6.89. The molecule has 0 amide bonds. The van der Waals surface area contributed by atoms with Crippen molar-refractivity contribution < 1.29 is 14.3 Å². The van der Waals surface area contributed by atoms with Crippen molar-refractivity contribution in [3.8, 4) is 0 Å². The van der Waals surface area contributed by atoms with E-state index in [4.69, 9.17) is 15.2 Å². The van der Waals surface area contributed by atoms with E-state index >= 15 is 0 Å². The minimum absolute atomic E-state index is 0.243. The van der Waals surface area contributed by atoms with E-state index in [-0.39, 0.29) is 18.0 Å². The second-order valence-corrected chi connectivity index (χ2v) is 6.00. The number of hydrogen-bond acceptors (Lipinski definition) is 4. The van der Waals surface area contributed by atoms with Gasteiger partial charge in [0.2, 0.25) is 0 Å². The van der Waals surface area contributed by atoms with Crippen molar-refractivity contribution in [3.63, 3.8) is 0 Å². The van der Waals surface area contributed by atoms with Crippen LogP contribution in [-0.4, -0.2) is 31.3 Å². The number of nitrogens with two attached hydrogens (primary N) is 1. The summed E-state index contributed by atoms with van der Waals surface area (Å²) in [5.41, 5.74) is 5.28. The molecule has 0 saturated heterocycles. The van der Waals surface area contributed by atoms with Gasteiger partial charge in [-0.2, -0.15) is 0 Å². The van der Waals surface area contributed by atoms with E-state index < -0.39 is 5.54 Å². The van der Waals surface area contributed by atoms with Crippen LogP contribution in [0.4, 0.5) is 0 Å². The zero-order valence-corrected chi connectivity index (χ0v) is 11.5. The molecule has 0 spiro atoms. The molecule has 4 nitrogen and oxygen atoms in total. The Labute approximate surface area is 109 Å². The fraction of sp³-hybridized carbons (Fsp3) is 0.929. The van der Waals surface area contributed by atoms with Crippen molar-refractivity contribution in [2.45, 2.75) is 57.1 Å². The zero-order valence-electron chi connectivity index (χ0n) is 11.5. The monoisotopic (exact) mass is 255 g/mol. The lowest BCUT2D eigenvalue weighted by Gasteiger charge is -2.31. The molecule has 0 radical (unpaired) electrons. The van der Waals surface area contributed by atoms with Crippen molar-refractivity contribution in [3.05, 3.63) is 0 Å². The molecule has 2 fully saturated rings. The van der Waals surface area contributed by atoms with Gasteiger partial charge in [-0.05, 0) is 50.4 Å². The van der Waals surface area contributed by atoms with Gasteiger partial charge in [0, 0.05) is 0 Å². The molecule has 1 unspecified atom stereocenters. The van der Waals surface area contributed by atoms with E-state index in [2.05, 4.69) is 6.92 Å². The highest BCUT2D eigenvalue weighted by molar-refractivity contribution is 5.81. The van der Waals surface area contributed by atoms with Crippen LogP contribution in [0, 0.1) is 11.8 Å². The minimum Gasteiger partial charge on any atom is -0.468 e. The first-order valence-electron chi connectivity index (χ1n) is 7.05. The molecule has 18 heavy (non-hydrogen) atoms. The highest BCUT2D eigenvalue weighted by Gasteiger charge is 2.49. The highest BCUT2D eigenvalue weighted by atomic mass is 16.5. The van der Waals surface area contributed by atoms with Crippen LogP contribution in [0.1, 0.15) is 45.4 Å². The summed E-state index contributed by atoms with van der Waals surface area (Å²) in [6.45, 7) is 2.59. The van der Waals surface area contributed by atoms with Gasteiger partial charge in [0.25, 0.3) is 0 Å². The molecule has 0 aromatic heterocycles. The molecule has 0 heterocycles. The summed E-state index contributed by atoms with van der Waals surface area (Å²) >= 11 is 0. The summed E-state index contributed by atoms with van der Waals surface area (Å²) in [5, 5.41) is 0. The number of esters is 1. The fourth-order valence-corrected chi connectivity index (χ4v) is 2.78. The van der Waals surface area contributed by atoms with Gasteiger partial charge < -0.3 is 15.2 Å². The van der Waals surface area contributed by atoms with E-state index in [1.807, 2.05) is 0 Å². The van der Waals surface area contributed by atoms with Crippen LogP contribution in [0.5, 0.6) is 0 Å². The van der Waals surface area contributed by atoms with Crippen LogP contribution in [0.25, 0.3) is 0 Å². The zero-order chi connectivity index (χ0) is 13.2. The molecule has 0 bridgehead atoms. The second-order valence-electron chi connectivity index (χ2n) is 6.00. The molecule has 4 heteroatoms. The molecule has 1 atom stereocenters. The van der Waals surface area contributed by atoms with Crippen LogP contribution in [0.2, 0.25) is 0 Å². The van der Waals surface area contributed by atoms with Crippen molar-refractivity contribution in [2.75, 3.05) is 13.7 Å². The normalized spacial score (nSPS) is 31.7. The molecule has 2 rings (SSSR count). The number of hydrogen-bond donors (Lipinski definition) is 1. The summed E-state index contributed by atoms with van der Waals surface area (Å²) in [5.74, 6) is 0.721. The number of carbonyl (C=O) groups is 1. The smallest absolute Gasteiger partial charge is 0.328 e. The van der Waals surface area contributed by atoms with Gasteiger partial charge in [-0.15, -0.1) is 0 Å². The second kappa shape index (κ2) is 5.57. The summed E-state index contributed by atoms with van der Waals surface area (Å²) in [4.78, 5) is 11.8. The van der Waals surface area contributed by atoms with Crippen molar-refractivity contribution in [1.29, 1.82) is 0 Å². The van der Waals surface area contributed by atoms with Crippen LogP contribution < -0.4 is 5.73 Å². The van der Waals surface area contributed by atoms with Gasteiger partial charge in [-0.3, -0.25) is 0 Å². The fourth-order valence-electron chi connectivity index (χ4n) is 2.78. The summed E-state index contributed by atoms with van der Waals surface area (Å²) < 4.78 is 10.7. The summed E-state index contributed by atoms with van der Waals surface area (Å²) in [7, 11) is 1.40. The van der Waals surface area contributed by atoms with Crippen LogP contribution in [0.3, 0.4) is 0 Å². The molecule has 2 saturated carbocycles. The maximum absolute atomic E-state index is 11.8. The van der Waals surface area contributed by atoms with E-state index in [1.165, 1.54) is 20.0 Å². The van der Waals surface area contributed by atoms with E-state index in [9.17, 15) is 4.79 Å². The SMILES string of the molecule is COC(=O)C(N)(COC1CCC(C)CC1)C1CC1. The minimum atomic E-state index is -0.919. The Hall–Kier alpha value is -0.610. The molecular formula is C14H25NO3.